The van der Waals surface area contributed by atoms with Gasteiger partial charge < -0.3 is 25.0 Å². The van der Waals surface area contributed by atoms with E-state index in [1.54, 1.807) is 0 Å². The van der Waals surface area contributed by atoms with Crippen LogP contribution in [0.2, 0.25) is 5.02 Å². The molecule has 3 aliphatic rings. The minimum Gasteiger partial charge on any atom is -0.489 e. The standard InChI is InChI=1S/C27H20ClF2N7O5S/c28-20-19(13-1-2-16(29)22-18(13)15(6-31)23(32)43-22)17(30)5-14-21(20)41-7-12-8-42-27(10-36(12)24(14)38)3-4-35(9-27)26(40)37-11-33-34-25(37)39/h1-2,5,11-12H,3-4,7-10,32H2,(H,34,39). The maximum absolute atomic E-state index is 15.9. The number of carbonyl (C=O) groups is 2. The van der Waals surface area contributed by atoms with Crippen molar-refractivity contribution in [2.75, 3.05) is 38.6 Å². The van der Waals surface area contributed by atoms with Gasteiger partial charge in [-0.15, -0.1) is 11.3 Å². The minimum absolute atomic E-state index is 0.00165. The van der Waals surface area contributed by atoms with Crippen LogP contribution in [0.4, 0.5) is 18.6 Å². The van der Waals surface area contributed by atoms with Gasteiger partial charge >= 0.3 is 11.7 Å². The molecule has 12 nitrogen and oxygen atoms in total. The number of likely N-dealkylation sites (tertiary alicyclic amines) is 1. The largest absolute Gasteiger partial charge is 0.489 e. The lowest BCUT2D eigenvalue weighted by Crippen LogP contribution is -2.60. The number of nitrogens with one attached hydrogen (secondary N) is 1. The maximum atomic E-state index is 15.9. The summed E-state index contributed by atoms with van der Waals surface area (Å²) in [6.07, 6.45) is 1.49. The van der Waals surface area contributed by atoms with Crippen LogP contribution >= 0.6 is 22.9 Å². The van der Waals surface area contributed by atoms with Crippen LogP contribution in [0.25, 0.3) is 21.2 Å². The predicted molar refractivity (Wildman–Crippen MR) is 150 cm³/mol. The summed E-state index contributed by atoms with van der Waals surface area (Å²) in [4.78, 5) is 41.6. The Morgan fingerprint density at radius 2 is 2.05 bits per heavy atom. The van der Waals surface area contributed by atoms with Gasteiger partial charge in [-0.2, -0.15) is 10.4 Å². The van der Waals surface area contributed by atoms with Gasteiger partial charge in [0.25, 0.3) is 5.91 Å². The molecule has 7 rings (SSSR count). The first-order chi connectivity index (χ1) is 20.6. The zero-order valence-electron chi connectivity index (χ0n) is 22.0. The van der Waals surface area contributed by atoms with Crippen molar-refractivity contribution < 1.29 is 27.8 Å². The van der Waals surface area contributed by atoms with Crippen LogP contribution in [0.3, 0.4) is 0 Å². The van der Waals surface area contributed by atoms with Gasteiger partial charge in [-0.05, 0) is 24.1 Å². The molecule has 2 unspecified atom stereocenters. The summed E-state index contributed by atoms with van der Waals surface area (Å²) in [5.41, 5.74) is 4.25. The normalized spacial score (nSPS) is 21.4. The van der Waals surface area contributed by atoms with Gasteiger partial charge in [0.15, 0.2) is 5.75 Å². The van der Waals surface area contributed by atoms with E-state index in [4.69, 9.17) is 26.8 Å². The third kappa shape index (κ3) is 4.08. The van der Waals surface area contributed by atoms with E-state index >= 15 is 4.39 Å². The molecule has 220 valence electrons. The first-order valence-electron chi connectivity index (χ1n) is 13.0. The number of aromatic nitrogens is 3. The number of thiophene rings is 1. The van der Waals surface area contributed by atoms with Gasteiger partial charge in [-0.25, -0.2) is 28.0 Å². The average molecular weight is 628 g/mol. The number of H-pyrrole nitrogens is 1. The van der Waals surface area contributed by atoms with Crippen LogP contribution < -0.4 is 16.2 Å². The Morgan fingerprint density at radius 3 is 2.79 bits per heavy atom. The number of aromatic amines is 1. The number of carbonyl (C=O) groups excluding carboxylic acids is 2. The van der Waals surface area contributed by atoms with E-state index in [0.717, 1.165) is 34.4 Å². The van der Waals surface area contributed by atoms with Crippen molar-refractivity contribution in [2.24, 2.45) is 0 Å². The van der Waals surface area contributed by atoms with E-state index in [9.17, 15) is 24.0 Å². The van der Waals surface area contributed by atoms with E-state index in [1.165, 1.54) is 15.9 Å². The highest BCUT2D eigenvalue weighted by Crippen LogP contribution is 2.47. The molecule has 0 aliphatic carbocycles. The first kappa shape index (κ1) is 27.3. The Morgan fingerprint density at radius 1 is 1.23 bits per heavy atom. The van der Waals surface area contributed by atoms with Gasteiger partial charge in [-0.1, -0.05) is 17.7 Å². The highest BCUT2D eigenvalue weighted by atomic mass is 35.5. The molecular weight excluding hydrogens is 608 g/mol. The molecule has 2 amide bonds. The number of nitrogens with two attached hydrogens (primary N) is 1. The molecule has 2 saturated heterocycles. The van der Waals surface area contributed by atoms with Gasteiger partial charge in [0.1, 0.15) is 41.2 Å². The van der Waals surface area contributed by atoms with Gasteiger partial charge in [-0.3, -0.25) is 4.79 Å². The molecule has 4 aromatic rings. The highest BCUT2D eigenvalue weighted by molar-refractivity contribution is 7.23. The number of nitrogens with zero attached hydrogens (tertiary/aromatic N) is 5. The molecule has 2 fully saturated rings. The molecule has 0 bridgehead atoms. The van der Waals surface area contributed by atoms with Crippen LogP contribution in [0.5, 0.6) is 5.75 Å². The average Bonchev–Trinajstić information content (AvgIpc) is 3.68. The molecule has 2 aromatic heterocycles. The second-order valence-electron chi connectivity index (χ2n) is 10.6. The monoisotopic (exact) mass is 627 g/mol. The zero-order valence-corrected chi connectivity index (χ0v) is 23.6. The third-order valence-electron chi connectivity index (χ3n) is 8.11. The molecule has 3 N–H and O–H groups in total. The third-order valence-corrected chi connectivity index (χ3v) is 9.50. The molecule has 2 atom stereocenters. The number of benzene rings is 2. The second-order valence-corrected chi connectivity index (χ2v) is 12.0. The fourth-order valence-corrected chi connectivity index (χ4v) is 7.30. The molecule has 0 radical (unpaired) electrons. The lowest BCUT2D eigenvalue weighted by Gasteiger charge is -2.44. The Balaban J connectivity index is 1.24. The molecule has 5 heterocycles. The fraction of sp³-hybridized carbons (Fsp3) is 0.296. The Labute approximate surface area is 249 Å². The fourth-order valence-electron chi connectivity index (χ4n) is 6.01. The van der Waals surface area contributed by atoms with E-state index in [0.29, 0.717) is 6.42 Å². The second kappa shape index (κ2) is 9.76. The van der Waals surface area contributed by atoms with Gasteiger partial charge in [0.05, 0.1) is 46.6 Å². The number of halogens is 3. The molecule has 1 spiro atoms. The van der Waals surface area contributed by atoms with E-state index < -0.39 is 40.9 Å². The SMILES string of the molecule is N#Cc1c(N)sc2c(F)ccc(-c3c(F)cc4c(c3Cl)OCC3COC5(CCN(C(=O)n6cn[nH]c6=O)C5)CN3C4=O)c12. The maximum Gasteiger partial charge on any atom is 0.351 e. The molecule has 0 saturated carbocycles. The number of ether oxygens (including phenoxy) is 2. The minimum atomic E-state index is -0.908. The number of rotatable bonds is 1. The van der Waals surface area contributed by atoms with Crippen LogP contribution in [-0.2, 0) is 4.74 Å². The number of fused-ring (bicyclic) bond motifs is 3. The molecule has 3 aliphatic heterocycles. The van der Waals surface area contributed by atoms with E-state index in [1.807, 2.05) is 6.07 Å². The number of nitriles is 1. The van der Waals surface area contributed by atoms with Crippen molar-refractivity contribution in [1.82, 2.24) is 24.6 Å². The van der Waals surface area contributed by atoms with Crippen LogP contribution in [-0.4, -0.2) is 81.0 Å². The summed E-state index contributed by atoms with van der Waals surface area (Å²) in [7, 11) is 0. The van der Waals surface area contributed by atoms with Crippen LogP contribution in [0, 0.1) is 23.0 Å². The lowest BCUT2D eigenvalue weighted by molar-refractivity contribution is -0.118. The van der Waals surface area contributed by atoms with Crippen molar-refractivity contribution in [3.8, 4) is 22.9 Å². The zero-order chi connectivity index (χ0) is 30.2. The summed E-state index contributed by atoms with van der Waals surface area (Å²) in [5, 5.41) is 15.4. The predicted octanol–water partition coefficient (Wildman–Crippen LogP) is 3.18. The van der Waals surface area contributed by atoms with Crippen LogP contribution in [0.1, 0.15) is 22.3 Å². The topological polar surface area (TPSA) is 160 Å². The lowest BCUT2D eigenvalue weighted by atomic mass is 9.95. The van der Waals surface area contributed by atoms with Crippen molar-refractivity contribution >= 4 is 50.0 Å². The van der Waals surface area contributed by atoms with Gasteiger partial charge in [0, 0.05) is 17.5 Å². The van der Waals surface area contributed by atoms with Crippen LogP contribution in [0.15, 0.2) is 29.3 Å². The smallest absolute Gasteiger partial charge is 0.351 e. The van der Waals surface area contributed by atoms with Crippen molar-refractivity contribution in [2.45, 2.75) is 18.1 Å². The number of hydrogen-bond donors (Lipinski definition) is 2. The van der Waals surface area contributed by atoms with Crippen molar-refractivity contribution in [3.63, 3.8) is 0 Å². The summed E-state index contributed by atoms with van der Waals surface area (Å²) in [5.74, 6) is -2.07. The number of hydrogen-bond acceptors (Lipinski definition) is 9. The summed E-state index contributed by atoms with van der Waals surface area (Å²) in [6.45, 7) is 0.554. The summed E-state index contributed by atoms with van der Waals surface area (Å²) in [6, 6.07) is 4.32. The Bertz CT molecular complexity index is 1970. The van der Waals surface area contributed by atoms with Crippen molar-refractivity contribution in [3.05, 3.63) is 62.8 Å². The van der Waals surface area contributed by atoms with Gasteiger partial charge in [0.2, 0.25) is 0 Å². The molecule has 43 heavy (non-hydrogen) atoms. The Kier molecular flexibility index (Phi) is 6.20. The molecule has 16 heteroatoms. The first-order valence-corrected chi connectivity index (χ1v) is 14.2. The Hall–Kier alpha value is -4.52. The summed E-state index contributed by atoms with van der Waals surface area (Å²) >= 11 is 7.60. The van der Waals surface area contributed by atoms with E-state index in [2.05, 4.69) is 10.2 Å². The summed E-state index contributed by atoms with van der Waals surface area (Å²) < 4.78 is 43.7. The number of anilines is 1. The highest BCUT2D eigenvalue weighted by Gasteiger charge is 2.50. The quantitative estimate of drug-likeness (QED) is 0.325. The molecule has 2 aromatic carbocycles. The molecular formula is C27H20ClF2N7O5S. The van der Waals surface area contributed by atoms with E-state index in [-0.39, 0.29) is 81.0 Å². The number of amides is 2. The number of morpholine rings is 1. The number of nitrogen functional groups attached to an aromatic ring is 1. The van der Waals surface area contributed by atoms with Crippen molar-refractivity contribution in [1.29, 1.82) is 5.26 Å².